The van der Waals surface area contributed by atoms with Gasteiger partial charge in [-0.2, -0.15) is 0 Å². The zero-order valence-electron chi connectivity index (χ0n) is 57.0. The first-order valence-corrected chi connectivity index (χ1v) is 38.5. The molecule has 0 saturated heterocycles. The molecule has 0 aromatic carbocycles. The molecule has 0 bridgehead atoms. The van der Waals surface area contributed by atoms with Crippen molar-refractivity contribution in [2.24, 2.45) is 0 Å². The first kappa shape index (κ1) is 81.4. The number of unbranched alkanes of at least 4 members (excludes halogenated alkanes) is 62. The zero-order valence-corrected chi connectivity index (χ0v) is 57.0. The Balaban J connectivity index is 4.00. The highest BCUT2D eigenvalue weighted by atomic mass is 16.6. The summed E-state index contributed by atoms with van der Waals surface area (Å²) < 4.78 is 17.0. The maximum absolute atomic E-state index is 12.9. The van der Waals surface area contributed by atoms with Crippen LogP contribution < -0.4 is 0 Å². The standard InChI is InChI=1S/C77H150O6/c1-4-7-10-13-16-19-22-24-26-28-30-31-32-33-34-35-36-37-38-39-40-41-42-43-44-45-47-48-50-52-55-58-61-64-67-70-76(79)82-73-74(72-81-75(78)69-66-63-60-57-54-21-18-15-12-9-6-3)83-77(80)71-68-65-62-59-56-53-51-49-46-29-27-25-23-20-17-14-11-8-5-2/h74H,4-73H2,1-3H3. The average Bonchev–Trinajstić information content (AvgIpc) is 3.48. The molecule has 0 fully saturated rings. The Bertz CT molecular complexity index is 1250. The minimum absolute atomic E-state index is 0.0603. The first-order valence-electron chi connectivity index (χ1n) is 38.5. The van der Waals surface area contributed by atoms with Gasteiger partial charge in [-0.1, -0.05) is 419 Å². The smallest absolute Gasteiger partial charge is 0.306 e. The lowest BCUT2D eigenvalue weighted by Gasteiger charge is -2.18. The van der Waals surface area contributed by atoms with Crippen LogP contribution in [0.2, 0.25) is 0 Å². The highest BCUT2D eigenvalue weighted by Gasteiger charge is 2.20. The van der Waals surface area contributed by atoms with Gasteiger partial charge in [-0.25, -0.2) is 0 Å². The molecule has 0 spiro atoms. The minimum Gasteiger partial charge on any atom is -0.462 e. The van der Waals surface area contributed by atoms with Gasteiger partial charge >= 0.3 is 17.9 Å². The van der Waals surface area contributed by atoms with Crippen LogP contribution in [0.1, 0.15) is 457 Å². The molecule has 0 saturated carbocycles. The van der Waals surface area contributed by atoms with Gasteiger partial charge in [-0.05, 0) is 19.3 Å². The second kappa shape index (κ2) is 72.9. The summed E-state index contributed by atoms with van der Waals surface area (Å²) >= 11 is 0. The lowest BCUT2D eigenvalue weighted by atomic mass is 10.0. The molecule has 0 radical (unpaired) electrons. The van der Waals surface area contributed by atoms with E-state index in [1.807, 2.05) is 0 Å². The van der Waals surface area contributed by atoms with E-state index in [1.165, 1.54) is 360 Å². The molecule has 494 valence electrons. The molecule has 83 heavy (non-hydrogen) atoms. The number of carbonyl (C=O) groups excluding carboxylic acids is 3. The summed E-state index contributed by atoms with van der Waals surface area (Å²) in [6.45, 7) is 6.74. The third-order valence-corrected chi connectivity index (χ3v) is 18.1. The molecule has 0 heterocycles. The van der Waals surface area contributed by atoms with Crippen LogP contribution >= 0.6 is 0 Å². The van der Waals surface area contributed by atoms with Crippen molar-refractivity contribution in [1.82, 2.24) is 0 Å². The molecule has 0 aliphatic heterocycles. The van der Waals surface area contributed by atoms with Gasteiger partial charge in [0, 0.05) is 19.3 Å². The van der Waals surface area contributed by atoms with Crippen molar-refractivity contribution in [3.63, 3.8) is 0 Å². The number of carbonyl (C=O) groups is 3. The molecule has 0 aromatic heterocycles. The molecule has 1 unspecified atom stereocenters. The molecular weight excluding hydrogens is 1020 g/mol. The normalized spacial score (nSPS) is 11.9. The van der Waals surface area contributed by atoms with Crippen molar-refractivity contribution in [1.29, 1.82) is 0 Å². The molecular formula is C77H150O6. The Morgan fingerprint density at radius 2 is 0.325 bits per heavy atom. The summed E-state index contributed by atoms with van der Waals surface area (Å²) in [5.74, 6) is -0.821. The van der Waals surface area contributed by atoms with E-state index in [9.17, 15) is 14.4 Å². The molecule has 6 heteroatoms. The summed E-state index contributed by atoms with van der Waals surface area (Å²) in [5, 5.41) is 0. The number of esters is 3. The predicted octanol–water partition coefficient (Wildman–Crippen LogP) is 26.6. The molecule has 1 atom stereocenters. The lowest BCUT2D eigenvalue weighted by molar-refractivity contribution is -0.167. The fourth-order valence-electron chi connectivity index (χ4n) is 12.3. The summed E-state index contributed by atoms with van der Waals surface area (Å²) in [6, 6.07) is 0. The Morgan fingerprint density at radius 1 is 0.193 bits per heavy atom. The molecule has 0 aliphatic rings. The third-order valence-electron chi connectivity index (χ3n) is 18.1. The van der Waals surface area contributed by atoms with Crippen molar-refractivity contribution in [2.45, 2.75) is 463 Å². The third kappa shape index (κ3) is 71.1. The van der Waals surface area contributed by atoms with Crippen LogP contribution in [0, 0.1) is 0 Å². The Labute approximate surface area is 520 Å². The van der Waals surface area contributed by atoms with Crippen LogP contribution in [0.15, 0.2) is 0 Å². The van der Waals surface area contributed by atoms with Gasteiger partial charge in [0.25, 0.3) is 0 Å². The van der Waals surface area contributed by atoms with Gasteiger partial charge < -0.3 is 14.2 Å². The van der Waals surface area contributed by atoms with Crippen LogP contribution in [0.4, 0.5) is 0 Å². The van der Waals surface area contributed by atoms with Gasteiger partial charge in [0.15, 0.2) is 6.10 Å². The van der Waals surface area contributed by atoms with E-state index in [0.29, 0.717) is 19.3 Å². The van der Waals surface area contributed by atoms with E-state index in [2.05, 4.69) is 20.8 Å². The van der Waals surface area contributed by atoms with Crippen molar-refractivity contribution < 1.29 is 28.6 Å². The maximum atomic E-state index is 12.9. The second-order valence-electron chi connectivity index (χ2n) is 26.6. The fraction of sp³-hybridized carbons (Fsp3) is 0.961. The highest BCUT2D eigenvalue weighted by molar-refractivity contribution is 5.71. The summed E-state index contributed by atoms with van der Waals surface area (Å²) in [7, 11) is 0. The topological polar surface area (TPSA) is 78.9 Å². The predicted molar refractivity (Wildman–Crippen MR) is 363 cm³/mol. The van der Waals surface area contributed by atoms with E-state index < -0.39 is 6.10 Å². The monoisotopic (exact) mass is 1170 g/mol. The molecule has 0 N–H and O–H groups in total. The molecule has 0 aromatic rings. The SMILES string of the molecule is CCCCCCCCCCCCCCCCCCCCCCCCCCCCCCCCCCCCCC(=O)OCC(COC(=O)CCCCCCCCCCCCC)OC(=O)CCCCCCCCCCCCCCCCCCCCC. The molecule has 0 rings (SSSR count). The van der Waals surface area contributed by atoms with Crippen molar-refractivity contribution in [3.8, 4) is 0 Å². The van der Waals surface area contributed by atoms with Crippen molar-refractivity contribution in [3.05, 3.63) is 0 Å². The van der Waals surface area contributed by atoms with Gasteiger partial charge in [-0.15, -0.1) is 0 Å². The van der Waals surface area contributed by atoms with Crippen LogP contribution in [-0.2, 0) is 28.6 Å². The minimum atomic E-state index is -0.763. The Kier molecular flexibility index (Phi) is 71.5. The fourth-order valence-corrected chi connectivity index (χ4v) is 12.3. The maximum Gasteiger partial charge on any atom is 0.306 e. The number of hydrogen-bond donors (Lipinski definition) is 0. The highest BCUT2D eigenvalue weighted by Crippen LogP contribution is 2.20. The number of hydrogen-bond acceptors (Lipinski definition) is 6. The van der Waals surface area contributed by atoms with Crippen LogP contribution in [-0.4, -0.2) is 37.2 Å². The quantitative estimate of drug-likeness (QED) is 0.0343. The van der Waals surface area contributed by atoms with E-state index in [4.69, 9.17) is 14.2 Å². The van der Waals surface area contributed by atoms with E-state index in [0.717, 1.165) is 57.8 Å². The van der Waals surface area contributed by atoms with E-state index >= 15 is 0 Å². The second-order valence-corrected chi connectivity index (χ2v) is 26.6. The molecule has 6 nitrogen and oxygen atoms in total. The van der Waals surface area contributed by atoms with Crippen LogP contribution in [0.25, 0.3) is 0 Å². The molecule has 0 aliphatic carbocycles. The summed E-state index contributed by atoms with van der Waals surface area (Å²) in [5.41, 5.74) is 0. The van der Waals surface area contributed by atoms with Gasteiger partial charge in [-0.3, -0.25) is 14.4 Å². The van der Waals surface area contributed by atoms with E-state index in [1.54, 1.807) is 0 Å². The van der Waals surface area contributed by atoms with Gasteiger partial charge in [0.05, 0.1) is 0 Å². The van der Waals surface area contributed by atoms with Crippen LogP contribution in [0.5, 0.6) is 0 Å². The first-order chi connectivity index (χ1) is 41.0. The Hall–Kier alpha value is -1.59. The van der Waals surface area contributed by atoms with Gasteiger partial charge in [0.2, 0.25) is 0 Å². The largest absolute Gasteiger partial charge is 0.462 e. The van der Waals surface area contributed by atoms with Gasteiger partial charge in [0.1, 0.15) is 13.2 Å². The van der Waals surface area contributed by atoms with Crippen LogP contribution in [0.3, 0.4) is 0 Å². The lowest BCUT2D eigenvalue weighted by Crippen LogP contribution is -2.30. The van der Waals surface area contributed by atoms with E-state index in [-0.39, 0.29) is 31.1 Å². The van der Waals surface area contributed by atoms with Crippen molar-refractivity contribution >= 4 is 17.9 Å². The molecule has 0 amide bonds. The average molecular weight is 1170 g/mol. The Morgan fingerprint density at radius 3 is 0.482 bits per heavy atom. The van der Waals surface area contributed by atoms with Crippen molar-refractivity contribution in [2.75, 3.05) is 13.2 Å². The summed E-state index contributed by atoms with van der Waals surface area (Å²) in [4.78, 5) is 38.4. The summed E-state index contributed by atoms with van der Waals surface area (Å²) in [6.07, 6.45) is 87.5. The number of rotatable bonds is 73. The number of ether oxygens (including phenoxy) is 3. The zero-order chi connectivity index (χ0) is 59.9.